The maximum atomic E-state index is 14.1. The lowest BCUT2D eigenvalue weighted by atomic mass is 10.0. The molecule has 3 nitrogen and oxygen atoms in total. The number of carbonyl (C=O) groups excluding carboxylic acids is 2. The zero-order valence-corrected chi connectivity index (χ0v) is 20.6. The maximum absolute atomic E-state index is 14.1. The summed E-state index contributed by atoms with van der Waals surface area (Å²) in [6.07, 6.45) is 9.50. The van der Waals surface area contributed by atoms with Crippen LogP contribution < -0.4 is 5.32 Å². The molecule has 0 saturated heterocycles. The molecule has 4 aromatic carbocycles. The Balaban J connectivity index is 1.27. The Kier molecular flexibility index (Phi) is 7.10. The number of nitrogens with one attached hydrogen (secondary N) is 1. The predicted octanol–water partition coefficient (Wildman–Crippen LogP) is 6.68. The summed E-state index contributed by atoms with van der Waals surface area (Å²) >= 11 is 0. The monoisotopic (exact) mass is 497 g/mol. The molecule has 1 N–H and O–H groups in total. The fraction of sp³-hybridized carbons (Fsp3) is 0.0588. The minimum Gasteiger partial charge on any atom is -0.352 e. The number of hydrogen-bond donors (Lipinski definition) is 1. The van der Waals surface area contributed by atoms with E-state index >= 15 is 0 Å². The number of allylic oxidation sites excluding steroid dienone is 2. The number of amides is 1. The summed E-state index contributed by atoms with van der Waals surface area (Å²) in [5.74, 6) is 2.04. The summed E-state index contributed by atoms with van der Waals surface area (Å²) in [7, 11) is 0. The number of fused-ring (bicyclic) bond motifs is 1. The van der Waals surface area contributed by atoms with Crippen LogP contribution in [0.25, 0.3) is 17.2 Å². The average Bonchev–Trinajstić information content (AvgIpc) is 3.28. The third-order valence-corrected chi connectivity index (χ3v) is 6.46. The highest BCUT2D eigenvalue weighted by molar-refractivity contribution is 6.09. The van der Waals surface area contributed by atoms with E-state index in [-0.39, 0.29) is 23.9 Å². The van der Waals surface area contributed by atoms with Gasteiger partial charge < -0.3 is 5.32 Å². The van der Waals surface area contributed by atoms with Crippen LogP contribution in [0.3, 0.4) is 0 Å². The molecule has 5 rings (SSSR count). The lowest BCUT2D eigenvalue weighted by Crippen LogP contribution is -2.22. The molecule has 0 fully saturated rings. The first-order valence-corrected chi connectivity index (χ1v) is 12.2. The third kappa shape index (κ3) is 5.53. The molecule has 4 aromatic rings. The maximum Gasteiger partial charge on any atom is 0.224 e. The molecule has 184 valence electrons. The van der Waals surface area contributed by atoms with E-state index in [1.54, 1.807) is 30.3 Å². The van der Waals surface area contributed by atoms with Gasteiger partial charge in [0.15, 0.2) is 5.78 Å². The van der Waals surface area contributed by atoms with Crippen LogP contribution in [0.4, 0.5) is 4.39 Å². The standard InChI is InChI=1S/C34H24FNO2/c1-2-23-8-10-24(11-9-23)18-28-19-29(32-21-30(35)16-17-31(28)32)20-33(37)36-22-25-12-14-27(15-13-25)34(38)26-6-4-3-5-7-26/h1,3-19,21H,20,22H2,(H,36,37)/b28-18+. The van der Waals surface area contributed by atoms with Crippen LogP contribution in [0.5, 0.6) is 0 Å². The van der Waals surface area contributed by atoms with E-state index in [1.807, 2.05) is 66.7 Å². The fourth-order valence-corrected chi connectivity index (χ4v) is 4.46. The number of benzene rings is 4. The van der Waals surface area contributed by atoms with Gasteiger partial charge in [-0.1, -0.05) is 78.7 Å². The Morgan fingerprint density at radius 1 is 0.842 bits per heavy atom. The van der Waals surface area contributed by atoms with Crippen LogP contribution in [0.15, 0.2) is 103 Å². The van der Waals surface area contributed by atoms with Crippen molar-refractivity contribution < 1.29 is 14.0 Å². The fourth-order valence-electron chi connectivity index (χ4n) is 4.46. The molecule has 38 heavy (non-hydrogen) atoms. The number of halogens is 1. The van der Waals surface area contributed by atoms with Crippen LogP contribution in [0.2, 0.25) is 0 Å². The van der Waals surface area contributed by atoms with Crippen molar-refractivity contribution in [1.82, 2.24) is 5.32 Å². The number of carbonyl (C=O) groups is 2. The number of terminal acetylenes is 1. The second-order valence-corrected chi connectivity index (χ2v) is 9.07. The largest absolute Gasteiger partial charge is 0.352 e. The van der Waals surface area contributed by atoms with Gasteiger partial charge in [0.05, 0.1) is 6.42 Å². The van der Waals surface area contributed by atoms with Crippen molar-refractivity contribution in [3.8, 4) is 12.3 Å². The van der Waals surface area contributed by atoms with E-state index in [1.165, 1.54) is 12.1 Å². The number of ketones is 1. The smallest absolute Gasteiger partial charge is 0.224 e. The molecule has 1 aliphatic carbocycles. The van der Waals surface area contributed by atoms with Gasteiger partial charge in [0.1, 0.15) is 5.82 Å². The molecule has 0 bridgehead atoms. The first-order valence-electron chi connectivity index (χ1n) is 12.2. The highest BCUT2D eigenvalue weighted by Crippen LogP contribution is 2.38. The zero-order chi connectivity index (χ0) is 26.5. The molecular weight excluding hydrogens is 473 g/mol. The molecule has 0 heterocycles. The molecule has 1 amide bonds. The van der Waals surface area contributed by atoms with E-state index in [2.05, 4.69) is 11.2 Å². The molecule has 0 radical (unpaired) electrons. The van der Waals surface area contributed by atoms with Crippen molar-refractivity contribution in [2.75, 3.05) is 0 Å². The highest BCUT2D eigenvalue weighted by atomic mass is 19.1. The minimum absolute atomic E-state index is 0.0453. The van der Waals surface area contributed by atoms with E-state index in [9.17, 15) is 14.0 Å². The van der Waals surface area contributed by atoms with E-state index in [0.717, 1.165) is 39.0 Å². The first kappa shape index (κ1) is 24.7. The minimum atomic E-state index is -0.347. The Morgan fingerprint density at radius 3 is 2.26 bits per heavy atom. The summed E-state index contributed by atoms with van der Waals surface area (Å²) in [6, 6.07) is 28.6. The summed E-state index contributed by atoms with van der Waals surface area (Å²) in [4.78, 5) is 25.4. The Morgan fingerprint density at radius 2 is 1.55 bits per heavy atom. The van der Waals surface area contributed by atoms with E-state index in [4.69, 9.17) is 6.42 Å². The van der Waals surface area contributed by atoms with Crippen molar-refractivity contribution in [1.29, 1.82) is 0 Å². The molecule has 1 aliphatic rings. The van der Waals surface area contributed by atoms with Crippen molar-refractivity contribution in [2.24, 2.45) is 0 Å². The normalized spacial score (nSPS) is 12.9. The molecule has 4 heteroatoms. The molecule has 0 aromatic heterocycles. The van der Waals surface area contributed by atoms with Gasteiger partial charge in [-0.3, -0.25) is 9.59 Å². The molecule has 0 unspecified atom stereocenters. The van der Waals surface area contributed by atoms with Gasteiger partial charge >= 0.3 is 0 Å². The highest BCUT2D eigenvalue weighted by Gasteiger charge is 2.21. The van der Waals surface area contributed by atoms with E-state index < -0.39 is 0 Å². The van der Waals surface area contributed by atoms with Crippen LogP contribution in [0.1, 0.15) is 50.2 Å². The van der Waals surface area contributed by atoms with Gasteiger partial charge in [-0.25, -0.2) is 4.39 Å². The Bertz CT molecular complexity index is 1610. The third-order valence-electron chi connectivity index (χ3n) is 6.46. The molecule has 0 aliphatic heterocycles. The topological polar surface area (TPSA) is 46.2 Å². The Hall–Kier alpha value is -5.01. The molecule has 0 atom stereocenters. The Labute approximate surface area is 221 Å². The van der Waals surface area contributed by atoms with Crippen LogP contribution in [0, 0.1) is 18.2 Å². The summed E-state index contributed by atoms with van der Waals surface area (Å²) in [5.41, 5.74) is 7.14. The van der Waals surface area contributed by atoms with Gasteiger partial charge in [-0.05, 0) is 69.8 Å². The zero-order valence-electron chi connectivity index (χ0n) is 20.6. The van der Waals surface area contributed by atoms with Gasteiger partial charge in [0.25, 0.3) is 0 Å². The van der Waals surface area contributed by atoms with Crippen LogP contribution in [-0.4, -0.2) is 11.7 Å². The van der Waals surface area contributed by atoms with Crippen molar-refractivity contribution in [2.45, 2.75) is 13.0 Å². The van der Waals surface area contributed by atoms with Crippen molar-refractivity contribution >= 4 is 28.9 Å². The predicted molar refractivity (Wildman–Crippen MR) is 149 cm³/mol. The lowest BCUT2D eigenvalue weighted by molar-refractivity contribution is -0.120. The molecular formula is C34H24FNO2. The summed E-state index contributed by atoms with van der Waals surface area (Å²) < 4.78 is 14.1. The quantitative estimate of drug-likeness (QED) is 0.229. The van der Waals surface area contributed by atoms with Gasteiger partial charge in [-0.15, -0.1) is 6.42 Å². The van der Waals surface area contributed by atoms with Crippen LogP contribution >= 0.6 is 0 Å². The SMILES string of the molecule is C#Cc1ccc(/C=C2\C=C(CC(=O)NCc3ccc(C(=O)c4ccccc4)cc3)c3cc(F)ccc32)cc1. The van der Waals surface area contributed by atoms with Crippen molar-refractivity contribution in [3.05, 3.63) is 148 Å². The van der Waals surface area contributed by atoms with Gasteiger partial charge in [-0.2, -0.15) is 0 Å². The number of hydrogen-bond acceptors (Lipinski definition) is 2. The van der Waals surface area contributed by atoms with Crippen molar-refractivity contribution in [3.63, 3.8) is 0 Å². The van der Waals surface area contributed by atoms with Gasteiger partial charge in [0.2, 0.25) is 5.91 Å². The second kappa shape index (κ2) is 10.9. The van der Waals surface area contributed by atoms with Crippen LogP contribution in [-0.2, 0) is 11.3 Å². The lowest BCUT2D eigenvalue weighted by Gasteiger charge is -2.09. The summed E-state index contributed by atoms with van der Waals surface area (Å²) in [6.45, 7) is 0.326. The second-order valence-electron chi connectivity index (χ2n) is 9.07. The average molecular weight is 498 g/mol. The van der Waals surface area contributed by atoms with Gasteiger partial charge in [0, 0.05) is 23.2 Å². The molecule has 0 spiro atoms. The first-order chi connectivity index (χ1) is 18.5. The number of rotatable bonds is 7. The van der Waals surface area contributed by atoms with E-state index in [0.29, 0.717) is 17.7 Å². The summed E-state index contributed by atoms with van der Waals surface area (Å²) in [5, 5.41) is 2.93. The molecule has 0 saturated carbocycles.